The van der Waals surface area contributed by atoms with Crippen molar-refractivity contribution >= 4 is 28.4 Å². The summed E-state index contributed by atoms with van der Waals surface area (Å²) < 4.78 is 4.93. The fourth-order valence-electron chi connectivity index (χ4n) is 2.31. The predicted molar refractivity (Wildman–Crippen MR) is 86.5 cm³/mol. The number of nitrogens with one attached hydrogen (secondary N) is 2. The van der Waals surface area contributed by atoms with Gasteiger partial charge in [0.1, 0.15) is 5.82 Å². The number of hydrogen-bond acceptors (Lipinski definition) is 4. The Labute approximate surface area is 128 Å². The smallest absolute Gasteiger partial charge is 0.339 e. The number of aryl methyl sites for hydroxylation is 1. The van der Waals surface area contributed by atoms with E-state index in [-0.39, 0.29) is 5.97 Å². The van der Waals surface area contributed by atoms with Gasteiger partial charge in [-0.3, -0.25) is 0 Å². The first-order valence-electron chi connectivity index (χ1n) is 7.15. The molecule has 3 rings (SSSR count). The highest BCUT2D eigenvalue weighted by Gasteiger charge is 2.07. The van der Waals surface area contributed by atoms with E-state index in [1.807, 2.05) is 19.1 Å². The Kier molecular flexibility index (Phi) is 3.78. The largest absolute Gasteiger partial charge is 0.462 e. The molecule has 5 heteroatoms. The predicted octanol–water partition coefficient (Wildman–Crippen LogP) is 3.79. The SMILES string of the molecule is CCOC(=O)c1ccc(Nc2ccc3[nH]c(C)cc3c2)nc1. The standard InChI is InChI=1S/C17H17N3O2/c1-3-22-17(21)12-4-7-16(18-10-12)20-14-5-6-15-13(9-14)8-11(2)19-15/h4-10,19H,3H2,1-2H3,(H,18,20). The van der Waals surface area contributed by atoms with Crippen LogP contribution in [0.15, 0.2) is 42.6 Å². The molecule has 0 aliphatic rings. The van der Waals surface area contributed by atoms with Crippen molar-refractivity contribution in [2.45, 2.75) is 13.8 Å². The maximum absolute atomic E-state index is 11.6. The normalized spacial score (nSPS) is 10.6. The van der Waals surface area contributed by atoms with Crippen LogP contribution in [0.25, 0.3) is 10.9 Å². The van der Waals surface area contributed by atoms with Crippen LogP contribution < -0.4 is 5.32 Å². The number of fused-ring (bicyclic) bond motifs is 1. The maximum Gasteiger partial charge on any atom is 0.339 e. The Bertz CT molecular complexity index is 806. The summed E-state index contributed by atoms with van der Waals surface area (Å²) in [5.41, 5.74) is 3.63. The second kappa shape index (κ2) is 5.89. The van der Waals surface area contributed by atoms with E-state index in [1.54, 1.807) is 19.1 Å². The van der Waals surface area contributed by atoms with Gasteiger partial charge in [0.05, 0.1) is 12.2 Å². The van der Waals surface area contributed by atoms with Gasteiger partial charge in [0.25, 0.3) is 0 Å². The average molecular weight is 295 g/mol. The molecule has 2 aromatic heterocycles. The maximum atomic E-state index is 11.6. The quantitative estimate of drug-likeness (QED) is 0.719. The van der Waals surface area contributed by atoms with Crippen LogP contribution in [0.1, 0.15) is 23.0 Å². The van der Waals surface area contributed by atoms with Gasteiger partial charge in [0, 0.05) is 28.5 Å². The van der Waals surface area contributed by atoms with E-state index in [0.717, 1.165) is 22.3 Å². The van der Waals surface area contributed by atoms with Crippen LogP contribution in [0.3, 0.4) is 0 Å². The molecule has 5 nitrogen and oxygen atoms in total. The third-order valence-electron chi connectivity index (χ3n) is 3.30. The lowest BCUT2D eigenvalue weighted by Crippen LogP contribution is -2.05. The number of benzene rings is 1. The number of carbonyl (C=O) groups excluding carboxylic acids is 1. The third-order valence-corrected chi connectivity index (χ3v) is 3.30. The number of rotatable bonds is 4. The zero-order valence-electron chi connectivity index (χ0n) is 12.5. The Morgan fingerprint density at radius 2 is 2.14 bits per heavy atom. The lowest BCUT2D eigenvalue weighted by atomic mass is 10.2. The molecule has 22 heavy (non-hydrogen) atoms. The summed E-state index contributed by atoms with van der Waals surface area (Å²) >= 11 is 0. The van der Waals surface area contributed by atoms with Crippen molar-refractivity contribution in [1.29, 1.82) is 0 Å². The van der Waals surface area contributed by atoms with E-state index in [9.17, 15) is 4.79 Å². The highest BCUT2D eigenvalue weighted by atomic mass is 16.5. The van der Waals surface area contributed by atoms with Gasteiger partial charge in [-0.2, -0.15) is 0 Å². The zero-order chi connectivity index (χ0) is 15.5. The van der Waals surface area contributed by atoms with Gasteiger partial charge in [0.15, 0.2) is 0 Å². The number of pyridine rings is 1. The number of anilines is 2. The minimum absolute atomic E-state index is 0.356. The monoisotopic (exact) mass is 295 g/mol. The van der Waals surface area contributed by atoms with Crippen molar-refractivity contribution in [1.82, 2.24) is 9.97 Å². The molecular formula is C17H17N3O2. The Hall–Kier alpha value is -2.82. The minimum atomic E-state index is -0.356. The number of aromatic amines is 1. The van der Waals surface area contributed by atoms with E-state index in [1.165, 1.54) is 6.20 Å². The molecule has 0 bridgehead atoms. The Morgan fingerprint density at radius 1 is 1.27 bits per heavy atom. The van der Waals surface area contributed by atoms with Crippen molar-refractivity contribution in [3.8, 4) is 0 Å². The molecule has 0 unspecified atom stereocenters. The average Bonchev–Trinajstić information content (AvgIpc) is 2.87. The highest BCUT2D eigenvalue weighted by molar-refractivity contribution is 5.89. The van der Waals surface area contributed by atoms with Crippen LogP contribution in [-0.4, -0.2) is 22.5 Å². The summed E-state index contributed by atoms with van der Waals surface area (Å²) in [6.07, 6.45) is 1.51. The lowest BCUT2D eigenvalue weighted by Gasteiger charge is -2.06. The van der Waals surface area contributed by atoms with Gasteiger partial charge in [-0.1, -0.05) is 0 Å². The molecule has 0 saturated heterocycles. The van der Waals surface area contributed by atoms with E-state index < -0.39 is 0 Å². The molecule has 0 aliphatic heterocycles. The van der Waals surface area contributed by atoms with Crippen molar-refractivity contribution in [2.24, 2.45) is 0 Å². The summed E-state index contributed by atoms with van der Waals surface area (Å²) in [4.78, 5) is 19.1. The number of carbonyl (C=O) groups is 1. The van der Waals surface area contributed by atoms with Gasteiger partial charge in [-0.15, -0.1) is 0 Å². The highest BCUT2D eigenvalue weighted by Crippen LogP contribution is 2.22. The van der Waals surface area contributed by atoms with Crippen LogP contribution >= 0.6 is 0 Å². The van der Waals surface area contributed by atoms with E-state index in [0.29, 0.717) is 18.0 Å². The van der Waals surface area contributed by atoms with Crippen LogP contribution in [0.2, 0.25) is 0 Å². The molecule has 0 radical (unpaired) electrons. The summed E-state index contributed by atoms with van der Waals surface area (Å²) in [5, 5.41) is 4.37. The summed E-state index contributed by atoms with van der Waals surface area (Å²) in [6.45, 7) is 4.16. The van der Waals surface area contributed by atoms with Crippen molar-refractivity contribution in [3.05, 3.63) is 53.9 Å². The molecule has 2 heterocycles. The summed E-state index contributed by atoms with van der Waals surface area (Å²) in [5.74, 6) is 0.324. The molecule has 0 aliphatic carbocycles. The van der Waals surface area contributed by atoms with Gasteiger partial charge >= 0.3 is 5.97 Å². The second-order valence-corrected chi connectivity index (χ2v) is 5.03. The minimum Gasteiger partial charge on any atom is -0.462 e. The molecule has 0 saturated carbocycles. The third kappa shape index (κ3) is 2.93. The second-order valence-electron chi connectivity index (χ2n) is 5.03. The number of H-pyrrole nitrogens is 1. The first kappa shape index (κ1) is 14.1. The number of nitrogens with zero attached hydrogens (tertiary/aromatic N) is 1. The Balaban J connectivity index is 1.77. The molecular weight excluding hydrogens is 278 g/mol. The first-order chi connectivity index (χ1) is 10.7. The molecule has 0 amide bonds. The summed E-state index contributed by atoms with van der Waals surface area (Å²) in [7, 11) is 0. The number of esters is 1. The first-order valence-corrected chi connectivity index (χ1v) is 7.15. The van der Waals surface area contributed by atoms with Crippen molar-refractivity contribution in [2.75, 3.05) is 11.9 Å². The van der Waals surface area contributed by atoms with Gasteiger partial charge in [-0.25, -0.2) is 9.78 Å². The number of hydrogen-bond donors (Lipinski definition) is 2. The lowest BCUT2D eigenvalue weighted by molar-refractivity contribution is 0.0526. The fraction of sp³-hybridized carbons (Fsp3) is 0.176. The topological polar surface area (TPSA) is 67.0 Å². The van der Waals surface area contributed by atoms with E-state index in [4.69, 9.17) is 4.74 Å². The van der Waals surface area contributed by atoms with Crippen LogP contribution in [-0.2, 0) is 4.74 Å². The fourth-order valence-corrected chi connectivity index (χ4v) is 2.31. The zero-order valence-corrected chi connectivity index (χ0v) is 12.5. The van der Waals surface area contributed by atoms with Gasteiger partial charge < -0.3 is 15.0 Å². The van der Waals surface area contributed by atoms with Crippen LogP contribution in [0, 0.1) is 6.92 Å². The molecule has 3 aromatic rings. The van der Waals surface area contributed by atoms with E-state index in [2.05, 4.69) is 27.4 Å². The molecule has 2 N–H and O–H groups in total. The summed E-state index contributed by atoms with van der Waals surface area (Å²) in [6, 6.07) is 11.6. The molecule has 1 aromatic carbocycles. The Morgan fingerprint density at radius 3 is 2.86 bits per heavy atom. The van der Waals surface area contributed by atoms with Gasteiger partial charge in [-0.05, 0) is 50.2 Å². The van der Waals surface area contributed by atoms with Gasteiger partial charge in [0.2, 0.25) is 0 Å². The number of ether oxygens (including phenoxy) is 1. The molecule has 0 fully saturated rings. The van der Waals surface area contributed by atoms with Crippen LogP contribution in [0.5, 0.6) is 0 Å². The molecule has 112 valence electrons. The van der Waals surface area contributed by atoms with Crippen molar-refractivity contribution in [3.63, 3.8) is 0 Å². The van der Waals surface area contributed by atoms with Crippen molar-refractivity contribution < 1.29 is 9.53 Å². The molecule has 0 atom stereocenters. The van der Waals surface area contributed by atoms with Crippen LogP contribution in [0.4, 0.5) is 11.5 Å². The van der Waals surface area contributed by atoms with E-state index >= 15 is 0 Å². The molecule has 0 spiro atoms. The number of aromatic nitrogens is 2.